The fourth-order valence-corrected chi connectivity index (χ4v) is 3.18. The first-order valence-electron chi connectivity index (χ1n) is 9.23. The molecule has 2 aromatic carbocycles. The lowest BCUT2D eigenvalue weighted by atomic mass is 9.99. The highest BCUT2D eigenvalue weighted by atomic mass is 16.7. The summed E-state index contributed by atoms with van der Waals surface area (Å²) in [4.78, 5) is 11.8. The average Bonchev–Trinajstić information content (AvgIpc) is 2.79. The van der Waals surface area contributed by atoms with E-state index in [2.05, 4.69) is 0 Å². The summed E-state index contributed by atoms with van der Waals surface area (Å²) in [6.45, 7) is -0.558. The molecule has 0 saturated carbocycles. The molecule has 1 aliphatic heterocycles. The van der Waals surface area contributed by atoms with Crippen LogP contribution < -0.4 is 9.47 Å². The van der Waals surface area contributed by atoms with Gasteiger partial charge in [0.2, 0.25) is 6.29 Å². The molecule has 0 spiro atoms. The molecule has 1 aliphatic rings. The Morgan fingerprint density at radius 1 is 0.967 bits per heavy atom. The number of esters is 1. The van der Waals surface area contributed by atoms with E-state index in [1.54, 1.807) is 36.4 Å². The fraction of sp³-hybridized carbons (Fsp3) is 0.381. The van der Waals surface area contributed by atoms with Gasteiger partial charge in [-0.3, -0.25) is 0 Å². The molecule has 2 aromatic rings. The van der Waals surface area contributed by atoms with Crippen molar-refractivity contribution in [1.82, 2.24) is 0 Å². The van der Waals surface area contributed by atoms with E-state index in [1.807, 2.05) is 6.07 Å². The Morgan fingerprint density at radius 3 is 2.37 bits per heavy atom. The van der Waals surface area contributed by atoms with Crippen LogP contribution in [0.15, 0.2) is 42.5 Å². The van der Waals surface area contributed by atoms with E-state index in [0.717, 1.165) is 11.1 Å². The molecular formula is C21H24O9. The molecule has 162 valence electrons. The molecule has 9 heteroatoms. The third-order valence-corrected chi connectivity index (χ3v) is 4.87. The second kappa shape index (κ2) is 9.41. The topological polar surface area (TPSA) is 135 Å². The first kappa shape index (κ1) is 22.0. The van der Waals surface area contributed by atoms with E-state index in [4.69, 9.17) is 18.9 Å². The number of aliphatic hydroxyl groups is 4. The molecule has 30 heavy (non-hydrogen) atoms. The van der Waals surface area contributed by atoms with Crippen molar-refractivity contribution in [1.29, 1.82) is 0 Å². The van der Waals surface area contributed by atoms with Crippen molar-refractivity contribution in [3.05, 3.63) is 48.0 Å². The van der Waals surface area contributed by atoms with Crippen molar-refractivity contribution >= 4 is 5.97 Å². The van der Waals surface area contributed by atoms with E-state index in [9.17, 15) is 25.2 Å². The molecule has 4 N–H and O–H groups in total. The van der Waals surface area contributed by atoms with Crippen molar-refractivity contribution in [2.24, 2.45) is 0 Å². The van der Waals surface area contributed by atoms with Gasteiger partial charge in [-0.05, 0) is 35.4 Å². The van der Waals surface area contributed by atoms with E-state index in [1.165, 1.54) is 14.2 Å². The largest absolute Gasteiger partial charge is 0.493 e. The van der Waals surface area contributed by atoms with Gasteiger partial charge in [-0.25, -0.2) is 4.79 Å². The van der Waals surface area contributed by atoms with Crippen LogP contribution in [0.3, 0.4) is 0 Å². The highest BCUT2D eigenvalue weighted by molar-refractivity contribution is 5.91. The van der Waals surface area contributed by atoms with E-state index >= 15 is 0 Å². The van der Waals surface area contributed by atoms with Crippen molar-refractivity contribution < 1.29 is 44.2 Å². The van der Waals surface area contributed by atoms with Crippen LogP contribution in [0, 0.1) is 0 Å². The Bertz CT molecular complexity index is 883. The van der Waals surface area contributed by atoms with Crippen LogP contribution in [0.25, 0.3) is 11.1 Å². The van der Waals surface area contributed by atoms with Gasteiger partial charge in [0.15, 0.2) is 11.5 Å². The van der Waals surface area contributed by atoms with Gasteiger partial charge in [0, 0.05) is 0 Å². The standard InChI is InChI=1S/C21H24O9/c1-27-15-9-12(11-4-3-5-13(8-11)20(26)28-2)6-7-14(15)29-21-19(25)18(24)17(23)16(10-22)30-21/h3-9,16-19,21-25H,10H2,1-2H3/t16-,17-,18+,19+,21+/m1/s1. The predicted octanol–water partition coefficient (Wildman–Crippen LogP) is 0.327. The third kappa shape index (κ3) is 4.40. The maximum atomic E-state index is 11.8. The van der Waals surface area contributed by atoms with Crippen molar-refractivity contribution in [2.75, 3.05) is 20.8 Å². The Morgan fingerprint density at radius 2 is 1.70 bits per heavy atom. The molecule has 0 bridgehead atoms. The van der Waals surface area contributed by atoms with Gasteiger partial charge >= 0.3 is 5.97 Å². The van der Waals surface area contributed by atoms with Crippen LogP contribution in [0.1, 0.15) is 10.4 Å². The van der Waals surface area contributed by atoms with Crippen molar-refractivity contribution in [3.63, 3.8) is 0 Å². The molecule has 3 rings (SSSR count). The Kier molecular flexibility index (Phi) is 6.91. The molecule has 1 fully saturated rings. The molecule has 0 aliphatic carbocycles. The minimum atomic E-state index is -1.55. The van der Waals surface area contributed by atoms with Crippen LogP contribution in [0.5, 0.6) is 11.5 Å². The summed E-state index contributed by atoms with van der Waals surface area (Å²) in [5.41, 5.74) is 1.88. The summed E-state index contributed by atoms with van der Waals surface area (Å²) in [5.74, 6) is 0.0778. The molecular weight excluding hydrogens is 396 g/mol. The monoisotopic (exact) mass is 420 g/mol. The zero-order valence-electron chi connectivity index (χ0n) is 16.5. The quantitative estimate of drug-likeness (QED) is 0.488. The molecule has 0 radical (unpaired) electrons. The second-order valence-corrected chi connectivity index (χ2v) is 6.75. The van der Waals surface area contributed by atoms with Crippen molar-refractivity contribution in [3.8, 4) is 22.6 Å². The highest BCUT2D eigenvalue weighted by Gasteiger charge is 2.44. The fourth-order valence-electron chi connectivity index (χ4n) is 3.18. The van der Waals surface area contributed by atoms with Crippen molar-refractivity contribution in [2.45, 2.75) is 30.7 Å². The lowest BCUT2D eigenvalue weighted by Crippen LogP contribution is -2.60. The maximum Gasteiger partial charge on any atom is 0.337 e. The molecule has 5 atom stereocenters. The minimum Gasteiger partial charge on any atom is -0.493 e. The third-order valence-electron chi connectivity index (χ3n) is 4.87. The molecule has 0 unspecified atom stereocenters. The van der Waals surface area contributed by atoms with Gasteiger partial charge in [0.1, 0.15) is 24.4 Å². The zero-order chi connectivity index (χ0) is 21.8. The summed E-state index contributed by atoms with van der Waals surface area (Å²) in [6, 6.07) is 11.8. The van der Waals surface area contributed by atoms with E-state index in [-0.39, 0.29) is 5.75 Å². The van der Waals surface area contributed by atoms with E-state index < -0.39 is 43.3 Å². The average molecular weight is 420 g/mol. The van der Waals surface area contributed by atoms with Crippen LogP contribution in [-0.4, -0.2) is 77.9 Å². The first-order chi connectivity index (χ1) is 14.4. The Hall–Kier alpha value is -2.69. The van der Waals surface area contributed by atoms with Crippen LogP contribution in [-0.2, 0) is 9.47 Å². The molecule has 1 heterocycles. The number of carbonyl (C=O) groups is 1. The second-order valence-electron chi connectivity index (χ2n) is 6.75. The number of hydrogen-bond donors (Lipinski definition) is 4. The number of methoxy groups -OCH3 is 2. The lowest BCUT2D eigenvalue weighted by molar-refractivity contribution is -0.277. The number of rotatable bonds is 6. The molecule has 1 saturated heterocycles. The predicted molar refractivity (Wildman–Crippen MR) is 104 cm³/mol. The maximum absolute atomic E-state index is 11.8. The van der Waals surface area contributed by atoms with Gasteiger partial charge in [0.25, 0.3) is 0 Å². The van der Waals surface area contributed by atoms with Gasteiger partial charge < -0.3 is 39.4 Å². The smallest absolute Gasteiger partial charge is 0.337 e. The van der Waals surface area contributed by atoms with E-state index in [0.29, 0.717) is 11.3 Å². The summed E-state index contributed by atoms with van der Waals surface area (Å²) in [6.07, 6.45) is -6.98. The highest BCUT2D eigenvalue weighted by Crippen LogP contribution is 2.35. The minimum absolute atomic E-state index is 0.217. The van der Waals surface area contributed by atoms with Gasteiger partial charge in [-0.1, -0.05) is 18.2 Å². The van der Waals surface area contributed by atoms with Gasteiger partial charge in [-0.15, -0.1) is 0 Å². The summed E-state index contributed by atoms with van der Waals surface area (Å²) >= 11 is 0. The summed E-state index contributed by atoms with van der Waals surface area (Å²) in [7, 11) is 2.74. The molecule has 0 aromatic heterocycles. The first-order valence-corrected chi connectivity index (χ1v) is 9.23. The van der Waals surface area contributed by atoms with Crippen LogP contribution in [0.4, 0.5) is 0 Å². The number of carbonyl (C=O) groups excluding carboxylic acids is 1. The van der Waals surface area contributed by atoms with Crippen LogP contribution >= 0.6 is 0 Å². The van der Waals surface area contributed by atoms with Gasteiger partial charge in [-0.2, -0.15) is 0 Å². The molecule has 9 nitrogen and oxygen atoms in total. The number of ether oxygens (including phenoxy) is 4. The Labute approximate surface area is 173 Å². The SMILES string of the molecule is COC(=O)c1cccc(-c2ccc(O[C@H]3O[C@H](CO)[C@@H](O)[C@H](O)[C@@H]3O)c(OC)c2)c1. The summed E-state index contributed by atoms with van der Waals surface area (Å²) in [5, 5.41) is 39.3. The summed E-state index contributed by atoms with van der Waals surface area (Å²) < 4.78 is 21.1. The van der Waals surface area contributed by atoms with Gasteiger partial charge in [0.05, 0.1) is 26.4 Å². The Balaban J connectivity index is 1.85. The van der Waals surface area contributed by atoms with Crippen LogP contribution in [0.2, 0.25) is 0 Å². The zero-order valence-corrected chi connectivity index (χ0v) is 16.5. The lowest BCUT2D eigenvalue weighted by Gasteiger charge is -2.39. The number of benzene rings is 2. The normalized spacial score (nSPS) is 26.1. The molecule has 0 amide bonds. The number of hydrogen-bond acceptors (Lipinski definition) is 9. The number of aliphatic hydroxyl groups excluding tert-OH is 4.